The molecule has 0 bridgehead atoms. The van der Waals surface area contributed by atoms with Crippen LogP contribution in [-0.2, 0) is 40.5 Å². The molecule has 27 heavy (non-hydrogen) atoms. The fourth-order valence-electron chi connectivity index (χ4n) is 2.38. The highest BCUT2D eigenvalue weighted by atomic mass is 32.2. The Labute approximate surface area is 152 Å². The third-order valence-electron chi connectivity index (χ3n) is 3.18. The molecule has 0 amide bonds. The van der Waals surface area contributed by atoms with Crippen molar-refractivity contribution < 1.29 is 51.9 Å². The molecule has 0 saturated carbocycles. The summed E-state index contributed by atoms with van der Waals surface area (Å²) in [6.07, 6.45) is 0. The topological polar surface area (TPSA) is 243 Å². The lowest BCUT2D eigenvalue weighted by atomic mass is 10.1. The van der Waals surface area contributed by atoms with Gasteiger partial charge in [0, 0.05) is 16.5 Å². The van der Waals surface area contributed by atoms with Crippen LogP contribution in [0.1, 0.15) is 0 Å². The minimum absolute atomic E-state index is 0.297. The molecule has 0 unspecified atom stereocenters. The van der Waals surface area contributed by atoms with Gasteiger partial charge in [0.05, 0.1) is 0 Å². The highest BCUT2D eigenvalue weighted by Gasteiger charge is 2.41. The van der Waals surface area contributed by atoms with Crippen LogP contribution in [0.25, 0.3) is 10.8 Å². The normalized spacial score (nSPS) is 13.8. The Morgan fingerprint density at radius 2 is 0.889 bits per heavy atom. The van der Waals surface area contributed by atoms with Crippen molar-refractivity contribution >= 4 is 56.9 Å². The van der Waals surface area contributed by atoms with Crippen LogP contribution in [0.4, 0.5) is 5.69 Å². The van der Waals surface area contributed by atoms with Crippen LogP contribution in [0.15, 0.2) is 37.8 Å². The van der Waals surface area contributed by atoms with Gasteiger partial charge in [-0.15, -0.1) is 0 Å². The molecule has 0 spiro atoms. The van der Waals surface area contributed by atoms with Gasteiger partial charge in [0.1, 0.15) is 19.6 Å². The van der Waals surface area contributed by atoms with E-state index in [-0.39, 0.29) is 5.69 Å². The minimum Gasteiger partial charge on any atom is -0.399 e. The second kappa shape index (κ2) is 6.07. The summed E-state index contributed by atoms with van der Waals surface area (Å²) in [5, 5.41) is -1.90. The number of benzene rings is 2. The predicted molar refractivity (Wildman–Crippen MR) is 87.6 cm³/mol. The average molecular weight is 463 g/mol. The summed E-state index contributed by atoms with van der Waals surface area (Å²) in [5.41, 5.74) is 5.11. The largest absolute Gasteiger partial charge is 0.399 e. The molecular formula is C10H9NO12S4. The number of anilines is 1. The van der Waals surface area contributed by atoms with Crippen molar-refractivity contribution in [2.75, 3.05) is 5.73 Å². The van der Waals surface area contributed by atoms with Crippen LogP contribution in [0.5, 0.6) is 0 Å². The lowest BCUT2D eigenvalue weighted by molar-refractivity contribution is 0.449. The molecule has 150 valence electrons. The molecule has 17 heteroatoms. The van der Waals surface area contributed by atoms with Gasteiger partial charge in [-0.1, -0.05) is 6.07 Å². The second-order valence-corrected chi connectivity index (χ2v) is 10.5. The predicted octanol–water partition coefficient (Wildman–Crippen LogP) is -0.591. The Balaban J connectivity index is 3.63. The Hall–Kier alpha value is -1.86. The van der Waals surface area contributed by atoms with Crippen molar-refractivity contribution in [3.63, 3.8) is 0 Å². The van der Waals surface area contributed by atoms with Gasteiger partial charge in [0.2, 0.25) is 0 Å². The van der Waals surface area contributed by atoms with Crippen LogP contribution >= 0.6 is 0 Å². The maximum absolute atomic E-state index is 11.7. The second-order valence-electron chi connectivity index (χ2n) is 5.02. The molecule has 0 aromatic heterocycles. The van der Waals surface area contributed by atoms with Crippen molar-refractivity contribution in [2.45, 2.75) is 19.6 Å². The van der Waals surface area contributed by atoms with Gasteiger partial charge in [-0.3, -0.25) is 18.2 Å². The summed E-state index contributed by atoms with van der Waals surface area (Å²) >= 11 is 0. The fraction of sp³-hybridized carbons (Fsp3) is 0. The van der Waals surface area contributed by atoms with E-state index in [9.17, 15) is 51.9 Å². The lowest BCUT2D eigenvalue weighted by Gasteiger charge is -2.16. The maximum Gasteiger partial charge on any atom is 0.297 e. The molecule has 0 saturated heterocycles. The monoisotopic (exact) mass is 463 g/mol. The van der Waals surface area contributed by atoms with E-state index in [1.807, 2.05) is 0 Å². The van der Waals surface area contributed by atoms with Gasteiger partial charge in [-0.2, -0.15) is 33.7 Å². The smallest absolute Gasteiger partial charge is 0.297 e. The zero-order valence-corrected chi connectivity index (χ0v) is 15.8. The Morgan fingerprint density at radius 1 is 0.556 bits per heavy atom. The fourth-order valence-corrected chi connectivity index (χ4v) is 7.34. The van der Waals surface area contributed by atoms with Gasteiger partial charge < -0.3 is 5.73 Å². The van der Waals surface area contributed by atoms with Crippen LogP contribution in [-0.4, -0.2) is 51.9 Å². The summed E-state index contributed by atoms with van der Waals surface area (Å²) < 4.78 is 131. The molecule has 13 nitrogen and oxygen atoms in total. The van der Waals surface area contributed by atoms with Crippen LogP contribution in [0, 0.1) is 0 Å². The van der Waals surface area contributed by atoms with Crippen LogP contribution in [0.3, 0.4) is 0 Å². The zero-order valence-electron chi connectivity index (χ0n) is 12.5. The van der Waals surface area contributed by atoms with Gasteiger partial charge >= 0.3 is 0 Å². The number of rotatable bonds is 4. The number of hydrogen-bond acceptors (Lipinski definition) is 9. The van der Waals surface area contributed by atoms with E-state index in [0.29, 0.717) is 12.1 Å². The molecule has 0 radical (unpaired) electrons. The molecule has 2 aromatic rings. The first-order valence-corrected chi connectivity index (χ1v) is 11.9. The number of nitrogen functional groups attached to an aromatic ring is 1. The summed E-state index contributed by atoms with van der Waals surface area (Å²) in [7, 11) is -23.1. The molecule has 0 fully saturated rings. The average Bonchev–Trinajstić information content (AvgIpc) is 2.39. The SMILES string of the molecule is Nc1ccc2c(S(=O)(=O)O)c(S(=O)(=O)O)c(S(=O)(=O)O)c(S(=O)(=O)O)c2c1. The lowest BCUT2D eigenvalue weighted by Crippen LogP contribution is -2.19. The standard InChI is InChI=1S/C10H9NO12S4/c11-4-1-2-5-6(3-4)8(25(15,16)17)10(27(21,22)23)9(26(18,19)20)7(5)24(12,13)14/h1-3H,11H2,(H,12,13,14)(H,15,16,17)(H,18,19,20)(H,21,22,23). The molecule has 6 N–H and O–H groups in total. The summed E-state index contributed by atoms with van der Waals surface area (Å²) in [6, 6.07) is 2.24. The van der Waals surface area contributed by atoms with Crippen molar-refractivity contribution in [2.24, 2.45) is 0 Å². The van der Waals surface area contributed by atoms with Gasteiger partial charge in [-0.05, 0) is 12.1 Å². The molecule has 0 aliphatic rings. The summed E-state index contributed by atoms with van der Waals surface area (Å²) in [6.45, 7) is 0. The van der Waals surface area contributed by atoms with Crippen LogP contribution < -0.4 is 5.73 Å². The quantitative estimate of drug-likeness (QED) is 0.281. The number of fused-ring (bicyclic) bond motifs is 1. The molecule has 0 aliphatic carbocycles. The zero-order chi connectivity index (χ0) is 21.2. The van der Waals surface area contributed by atoms with E-state index >= 15 is 0 Å². The van der Waals surface area contributed by atoms with E-state index in [2.05, 4.69) is 0 Å². The van der Waals surface area contributed by atoms with Gasteiger partial charge in [-0.25, -0.2) is 0 Å². The van der Waals surface area contributed by atoms with E-state index < -0.39 is 70.8 Å². The molecule has 0 aliphatic heterocycles. The highest BCUT2D eigenvalue weighted by molar-refractivity contribution is 7.91. The van der Waals surface area contributed by atoms with Crippen LogP contribution in [0.2, 0.25) is 0 Å². The third kappa shape index (κ3) is 3.89. The molecular weight excluding hydrogens is 454 g/mol. The molecule has 2 rings (SSSR count). The minimum atomic E-state index is -5.91. The van der Waals surface area contributed by atoms with E-state index in [1.54, 1.807) is 0 Å². The number of hydrogen-bond donors (Lipinski definition) is 5. The molecule has 2 aromatic carbocycles. The summed E-state index contributed by atoms with van der Waals surface area (Å²) in [4.78, 5) is -7.87. The van der Waals surface area contributed by atoms with E-state index in [0.717, 1.165) is 6.07 Å². The third-order valence-corrected chi connectivity index (χ3v) is 7.30. The van der Waals surface area contributed by atoms with E-state index in [4.69, 9.17) is 5.73 Å². The van der Waals surface area contributed by atoms with Crippen molar-refractivity contribution in [1.29, 1.82) is 0 Å². The molecule has 0 heterocycles. The van der Waals surface area contributed by atoms with Crippen molar-refractivity contribution in [1.82, 2.24) is 0 Å². The molecule has 0 atom stereocenters. The van der Waals surface area contributed by atoms with Crippen molar-refractivity contribution in [3.8, 4) is 0 Å². The maximum atomic E-state index is 11.7. The van der Waals surface area contributed by atoms with Gasteiger partial charge in [0.15, 0.2) is 0 Å². The Kier molecular flexibility index (Phi) is 4.82. The Morgan fingerprint density at radius 3 is 1.22 bits per heavy atom. The van der Waals surface area contributed by atoms with Crippen molar-refractivity contribution in [3.05, 3.63) is 18.2 Å². The number of nitrogens with two attached hydrogens (primary N) is 1. The Bertz CT molecular complexity index is 1400. The first kappa shape index (κ1) is 21.4. The van der Waals surface area contributed by atoms with Gasteiger partial charge in [0.25, 0.3) is 40.5 Å². The highest BCUT2D eigenvalue weighted by Crippen LogP contribution is 2.41. The first-order chi connectivity index (χ1) is 11.9. The first-order valence-electron chi connectivity index (χ1n) is 6.16. The van der Waals surface area contributed by atoms with E-state index in [1.165, 1.54) is 0 Å². The summed E-state index contributed by atoms with van der Waals surface area (Å²) in [5.74, 6) is 0.